The van der Waals surface area contributed by atoms with E-state index in [-0.39, 0.29) is 18.7 Å². The Bertz CT molecular complexity index is 754. The second-order valence-electron chi connectivity index (χ2n) is 9.50. The highest BCUT2D eigenvalue weighted by Crippen LogP contribution is 2.40. The number of carbonyl (C=O) groups excluding carboxylic acids is 1. The summed E-state index contributed by atoms with van der Waals surface area (Å²) in [6, 6.07) is 9.15. The molecule has 7 heteroatoms. The number of hydrogen-bond donors (Lipinski definition) is 1. The molecule has 1 saturated carbocycles. The number of amides is 1. The van der Waals surface area contributed by atoms with Crippen LogP contribution in [0.3, 0.4) is 0 Å². The van der Waals surface area contributed by atoms with E-state index in [2.05, 4.69) is 11.0 Å². The molecule has 7 nitrogen and oxygen atoms in total. The number of carbonyl (C=O) groups is 1. The SMILES string of the molecule is CN(C(=O)OC(C)(C)C)C1C2CCC1CN(CC(O)COc1ccc(C#N)cc1)C2. The van der Waals surface area contributed by atoms with Gasteiger partial charge in [0, 0.05) is 32.7 Å². The number of benzene rings is 1. The molecule has 1 heterocycles. The number of piperidine rings is 1. The maximum Gasteiger partial charge on any atom is 0.410 e. The van der Waals surface area contributed by atoms with Gasteiger partial charge in [0.25, 0.3) is 0 Å². The van der Waals surface area contributed by atoms with Crippen molar-refractivity contribution in [3.8, 4) is 11.8 Å². The Labute approximate surface area is 179 Å². The fraction of sp³-hybridized carbons (Fsp3) is 0.652. The van der Waals surface area contributed by atoms with Gasteiger partial charge in [-0.05, 0) is 69.7 Å². The zero-order valence-corrected chi connectivity index (χ0v) is 18.4. The fourth-order valence-corrected chi connectivity index (χ4v) is 4.70. The van der Waals surface area contributed by atoms with Gasteiger partial charge in [0.15, 0.2) is 0 Å². The standard InChI is InChI=1S/C23H33N3O4/c1-23(2,3)30-22(28)25(4)21-17-7-8-18(21)13-26(12-17)14-19(27)15-29-20-9-5-16(11-24)6-10-20/h5-6,9-10,17-19,21,27H,7-8,12-15H2,1-4H3. The first-order valence-corrected chi connectivity index (χ1v) is 10.7. The van der Waals surface area contributed by atoms with E-state index in [0.29, 0.717) is 29.7 Å². The van der Waals surface area contributed by atoms with Crippen LogP contribution in [0.4, 0.5) is 4.79 Å². The summed E-state index contributed by atoms with van der Waals surface area (Å²) >= 11 is 0. The molecule has 30 heavy (non-hydrogen) atoms. The van der Waals surface area contributed by atoms with Crippen molar-refractivity contribution in [2.75, 3.05) is 33.3 Å². The Morgan fingerprint density at radius 2 is 1.87 bits per heavy atom. The van der Waals surface area contributed by atoms with Crippen molar-refractivity contribution in [3.63, 3.8) is 0 Å². The zero-order chi connectivity index (χ0) is 21.9. The van der Waals surface area contributed by atoms with E-state index in [1.165, 1.54) is 0 Å². The average molecular weight is 416 g/mol. The molecule has 0 spiro atoms. The summed E-state index contributed by atoms with van der Waals surface area (Å²) in [6.07, 6.45) is 1.34. The van der Waals surface area contributed by atoms with E-state index in [4.69, 9.17) is 14.7 Å². The molecule has 3 unspecified atom stereocenters. The molecule has 1 aliphatic heterocycles. The number of aliphatic hydroxyl groups is 1. The molecule has 3 rings (SSSR count). The van der Waals surface area contributed by atoms with Gasteiger partial charge in [0.05, 0.1) is 11.6 Å². The van der Waals surface area contributed by atoms with Gasteiger partial charge < -0.3 is 19.5 Å². The molecule has 3 atom stereocenters. The van der Waals surface area contributed by atoms with Crippen LogP contribution in [0.25, 0.3) is 0 Å². The lowest BCUT2D eigenvalue weighted by atomic mass is 9.91. The number of ether oxygens (including phenoxy) is 2. The minimum absolute atomic E-state index is 0.197. The van der Waals surface area contributed by atoms with Crippen LogP contribution in [0.15, 0.2) is 24.3 Å². The molecule has 164 valence electrons. The number of likely N-dealkylation sites (tertiary alicyclic amines) is 1. The minimum atomic E-state index is -0.597. The lowest BCUT2D eigenvalue weighted by Crippen LogP contribution is -2.55. The quantitative estimate of drug-likeness (QED) is 0.769. The van der Waals surface area contributed by atoms with Crippen LogP contribution in [-0.4, -0.2) is 72.0 Å². The van der Waals surface area contributed by atoms with Gasteiger partial charge in [-0.1, -0.05) is 0 Å². The Kier molecular flexibility index (Phi) is 6.89. The molecule has 2 fully saturated rings. The van der Waals surface area contributed by atoms with Crippen molar-refractivity contribution in [2.45, 2.75) is 51.4 Å². The second-order valence-corrected chi connectivity index (χ2v) is 9.50. The molecule has 0 radical (unpaired) electrons. The van der Waals surface area contributed by atoms with Gasteiger partial charge in [-0.3, -0.25) is 4.90 Å². The summed E-state index contributed by atoms with van der Waals surface area (Å²) in [5.74, 6) is 1.44. The summed E-state index contributed by atoms with van der Waals surface area (Å²) in [4.78, 5) is 16.6. The summed E-state index contributed by atoms with van der Waals surface area (Å²) in [5, 5.41) is 19.3. The maximum atomic E-state index is 12.5. The smallest absolute Gasteiger partial charge is 0.410 e. The molecule has 2 aliphatic rings. The van der Waals surface area contributed by atoms with E-state index in [0.717, 1.165) is 25.9 Å². The Morgan fingerprint density at radius 3 is 2.40 bits per heavy atom. The van der Waals surface area contributed by atoms with Crippen LogP contribution >= 0.6 is 0 Å². The van der Waals surface area contributed by atoms with E-state index >= 15 is 0 Å². The van der Waals surface area contributed by atoms with Crippen LogP contribution in [-0.2, 0) is 4.74 Å². The normalized spacial score (nSPS) is 24.7. The van der Waals surface area contributed by atoms with Crippen molar-refractivity contribution in [2.24, 2.45) is 11.8 Å². The van der Waals surface area contributed by atoms with E-state index in [9.17, 15) is 9.90 Å². The van der Waals surface area contributed by atoms with Crippen molar-refractivity contribution in [3.05, 3.63) is 29.8 Å². The van der Waals surface area contributed by atoms with Crippen molar-refractivity contribution < 1.29 is 19.4 Å². The summed E-state index contributed by atoms with van der Waals surface area (Å²) < 4.78 is 11.2. The number of rotatable bonds is 6. The van der Waals surface area contributed by atoms with Crippen LogP contribution in [0.5, 0.6) is 5.75 Å². The molecule has 2 bridgehead atoms. The number of nitrogens with zero attached hydrogens (tertiary/aromatic N) is 3. The zero-order valence-electron chi connectivity index (χ0n) is 18.4. The average Bonchev–Trinajstić information content (AvgIpc) is 2.95. The predicted molar refractivity (Wildman–Crippen MR) is 113 cm³/mol. The molecule has 1 aliphatic carbocycles. The van der Waals surface area contributed by atoms with Crippen LogP contribution < -0.4 is 4.74 Å². The monoisotopic (exact) mass is 415 g/mol. The molecular weight excluding hydrogens is 382 g/mol. The Hall–Kier alpha value is -2.30. The van der Waals surface area contributed by atoms with Crippen molar-refractivity contribution in [1.29, 1.82) is 5.26 Å². The first-order chi connectivity index (χ1) is 14.2. The van der Waals surface area contributed by atoms with Gasteiger partial charge >= 0.3 is 6.09 Å². The van der Waals surface area contributed by atoms with Crippen LogP contribution in [0.2, 0.25) is 0 Å². The molecule has 0 aromatic heterocycles. The van der Waals surface area contributed by atoms with Crippen LogP contribution in [0.1, 0.15) is 39.2 Å². The predicted octanol–water partition coefficient (Wildman–Crippen LogP) is 2.88. The van der Waals surface area contributed by atoms with Gasteiger partial charge in [-0.15, -0.1) is 0 Å². The second kappa shape index (κ2) is 9.23. The van der Waals surface area contributed by atoms with Gasteiger partial charge in [-0.2, -0.15) is 5.26 Å². The van der Waals surface area contributed by atoms with Gasteiger partial charge in [-0.25, -0.2) is 4.79 Å². The van der Waals surface area contributed by atoms with Crippen molar-refractivity contribution in [1.82, 2.24) is 9.80 Å². The lowest BCUT2D eigenvalue weighted by molar-refractivity contribution is -0.00772. The Balaban J connectivity index is 1.48. The number of aliphatic hydroxyl groups excluding tert-OH is 1. The number of fused-ring (bicyclic) bond motifs is 2. The van der Waals surface area contributed by atoms with Crippen LogP contribution in [0, 0.1) is 23.2 Å². The van der Waals surface area contributed by atoms with E-state index in [1.807, 2.05) is 27.8 Å². The minimum Gasteiger partial charge on any atom is -0.491 e. The summed E-state index contributed by atoms with van der Waals surface area (Å²) in [7, 11) is 1.85. The Morgan fingerprint density at radius 1 is 1.27 bits per heavy atom. The topological polar surface area (TPSA) is 86.0 Å². The number of hydrogen-bond acceptors (Lipinski definition) is 6. The first kappa shape index (κ1) is 22.4. The third-order valence-electron chi connectivity index (χ3n) is 5.88. The fourth-order valence-electron chi connectivity index (χ4n) is 4.70. The molecule has 1 amide bonds. The molecule has 1 aromatic carbocycles. The highest BCUT2D eigenvalue weighted by atomic mass is 16.6. The van der Waals surface area contributed by atoms with Gasteiger partial charge in [0.2, 0.25) is 0 Å². The highest BCUT2D eigenvalue weighted by molar-refractivity contribution is 5.68. The molecule has 1 N–H and O–H groups in total. The summed E-state index contributed by atoms with van der Waals surface area (Å²) in [6.45, 7) is 8.14. The molecule has 1 saturated heterocycles. The maximum absolute atomic E-state index is 12.5. The number of β-amino-alcohol motifs (C(OH)–C–C–N with tert-alkyl or cyclic N) is 1. The van der Waals surface area contributed by atoms with Crippen molar-refractivity contribution >= 4 is 6.09 Å². The lowest BCUT2D eigenvalue weighted by Gasteiger charge is -2.42. The van der Waals surface area contributed by atoms with E-state index < -0.39 is 11.7 Å². The summed E-state index contributed by atoms with van der Waals surface area (Å²) in [5.41, 5.74) is 0.0852. The molecule has 1 aromatic rings. The first-order valence-electron chi connectivity index (χ1n) is 10.7. The van der Waals surface area contributed by atoms with E-state index in [1.54, 1.807) is 29.2 Å². The number of nitriles is 1. The third kappa shape index (κ3) is 5.65. The largest absolute Gasteiger partial charge is 0.491 e. The highest BCUT2D eigenvalue weighted by Gasteiger charge is 2.46. The third-order valence-corrected chi connectivity index (χ3v) is 5.88. The molecular formula is C23H33N3O4. The van der Waals surface area contributed by atoms with Gasteiger partial charge in [0.1, 0.15) is 24.1 Å².